The molecule has 3 rings (SSSR count). The number of nitrogens with zero attached hydrogens (tertiary/aromatic N) is 1. The van der Waals surface area contributed by atoms with Gasteiger partial charge in [-0.15, -0.1) is 0 Å². The predicted molar refractivity (Wildman–Crippen MR) is 88.7 cm³/mol. The molecule has 0 spiro atoms. The summed E-state index contributed by atoms with van der Waals surface area (Å²) in [5, 5.41) is 0. The van der Waals surface area contributed by atoms with Crippen molar-refractivity contribution in [3.63, 3.8) is 0 Å². The highest BCUT2D eigenvalue weighted by Crippen LogP contribution is 2.30. The molecule has 0 N–H and O–H groups in total. The number of hydrogen-bond acceptors (Lipinski definition) is 1. The van der Waals surface area contributed by atoms with Gasteiger partial charge in [-0.2, -0.15) is 0 Å². The van der Waals surface area contributed by atoms with Crippen LogP contribution in [0.1, 0.15) is 31.4 Å². The molecule has 1 unspecified atom stereocenters. The van der Waals surface area contributed by atoms with Crippen LogP contribution in [0.4, 0.5) is 8.78 Å². The normalized spacial score (nSPS) is 16.9. The van der Waals surface area contributed by atoms with E-state index >= 15 is 0 Å². The second-order valence-electron chi connectivity index (χ2n) is 5.79. The fraction of sp³-hybridized carbons (Fsp3) is 0.333. The summed E-state index contributed by atoms with van der Waals surface area (Å²) in [7, 11) is 0. The first-order valence-electron chi connectivity index (χ1n) is 7.55. The van der Waals surface area contributed by atoms with Gasteiger partial charge >= 0.3 is 0 Å². The van der Waals surface area contributed by atoms with Crippen molar-refractivity contribution >= 4 is 15.9 Å². The molecule has 0 bridgehead atoms. The lowest BCUT2D eigenvalue weighted by Crippen LogP contribution is -2.23. The number of benzene rings is 2. The van der Waals surface area contributed by atoms with Gasteiger partial charge in [-0.3, -0.25) is 4.90 Å². The molecule has 1 saturated heterocycles. The second kappa shape index (κ2) is 6.47. The standard InChI is InChI=1S/C18H18BrF2N/c1-12(22-8-2-3-9-22)13-4-6-14(7-5-13)15-10-16(20)18(19)17(21)11-15/h4-7,10-12H,2-3,8-9H2,1H3. The van der Waals surface area contributed by atoms with Crippen molar-refractivity contribution in [1.82, 2.24) is 4.90 Å². The number of halogens is 3. The third kappa shape index (κ3) is 3.08. The van der Waals surface area contributed by atoms with Gasteiger partial charge in [-0.25, -0.2) is 8.78 Å². The Kier molecular flexibility index (Phi) is 4.59. The molecule has 1 aliphatic rings. The van der Waals surface area contributed by atoms with Gasteiger partial charge < -0.3 is 0 Å². The van der Waals surface area contributed by atoms with Crippen molar-refractivity contribution in [3.05, 3.63) is 58.1 Å². The van der Waals surface area contributed by atoms with E-state index in [1.54, 1.807) is 0 Å². The molecule has 22 heavy (non-hydrogen) atoms. The van der Waals surface area contributed by atoms with Gasteiger partial charge in [0.15, 0.2) is 0 Å². The summed E-state index contributed by atoms with van der Waals surface area (Å²) in [4.78, 5) is 2.47. The van der Waals surface area contributed by atoms with Crippen LogP contribution in [-0.2, 0) is 0 Å². The number of hydrogen-bond donors (Lipinski definition) is 0. The Balaban J connectivity index is 1.85. The zero-order chi connectivity index (χ0) is 15.7. The van der Waals surface area contributed by atoms with Gasteiger partial charge in [0, 0.05) is 6.04 Å². The minimum Gasteiger partial charge on any atom is -0.297 e. The van der Waals surface area contributed by atoms with E-state index in [9.17, 15) is 8.78 Å². The van der Waals surface area contributed by atoms with E-state index in [4.69, 9.17) is 0 Å². The zero-order valence-corrected chi connectivity index (χ0v) is 14.0. The van der Waals surface area contributed by atoms with Crippen LogP contribution in [-0.4, -0.2) is 18.0 Å². The van der Waals surface area contributed by atoms with Gasteiger partial charge in [-0.1, -0.05) is 24.3 Å². The highest BCUT2D eigenvalue weighted by atomic mass is 79.9. The zero-order valence-electron chi connectivity index (χ0n) is 12.5. The SMILES string of the molecule is CC(c1ccc(-c2cc(F)c(Br)c(F)c2)cc1)N1CCCC1. The van der Waals surface area contributed by atoms with Gasteiger partial charge in [-0.05, 0) is 77.6 Å². The van der Waals surface area contributed by atoms with Crippen molar-refractivity contribution in [2.75, 3.05) is 13.1 Å². The van der Waals surface area contributed by atoms with Crippen LogP contribution in [0.3, 0.4) is 0 Å². The molecule has 0 aromatic heterocycles. The topological polar surface area (TPSA) is 3.24 Å². The molecule has 1 atom stereocenters. The molecule has 0 amide bonds. The van der Waals surface area contributed by atoms with E-state index in [2.05, 4.69) is 39.9 Å². The summed E-state index contributed by atoms with van der Waals surface area (Å²) in [5.74, 6) is -1.16. The predicted octanol–water partition coefficient (Wildman–Crippen LogP) is 5.55. The molecular formula is C18H18BrF2N. The first kappa shape index (κ1) is 15.6. The third-order valence-corrected chi connectivity index (χ3v) is 5.16. The Morgan fingerprint density at radius 3 is 2.05 bits per heavy atom. The lowest BCUT2D eigenvalue weighted by molar-refractivity contribution is 0.263. The van der Waals surface area contributed by atoms with Crippen molar-refractivity contribution in [2.45, 2.75) is 25.8 Å². The summed E-state index contributed by atoms with van der Waals surface area (Å²) in [5.41, 5.74) is 2.62. The highest BCUT2D eigenvalue weighted by molar-refractivity contribution is 9.10. The van der Waals surface area contributed by atoms with E-state index in [1.165, 1.54) is 30.5 Å². The molecular weight excluding hydrogens is 348 g/mol. The first-order chi connectivity index (χ1) is 10.6. The summed E-state index contributed by atoms with van der Waals surface area (Å²) >= 11 is 2.90. The van der Waals surface area contributed by atoms with Crippen molar-refractivity contribution in [2.24, 2.45) is 0 Å². The van der Waals surface area contributed by atoms with Crippen LogP contribution in [0.2, 0.25) is 0 Å². The van der Waals surface area contributed by atoms with Crippen LogP contribution < -0.4 is 0 Å². The maximum absolute atomic E-state index is 13.6. The van der Waals surface area contributed by atoms with Crippen LogP contribution in [0, 0.1) is 11.6 Å². The maximum Gasteiger partial charge on any atom is 0.140 e. The largest absolute Gasteiger partial charge is 0.297 e. The van der Waals surface area contributed by atoms with Gasteiger partial charge in [0.1, 0.15) is 11.6 Å². The van der Waals surface area contributed by atoms with E-state index in [-0.39, 0.29) is 4.47 Å². The minimum absolute atomic E-state index is 0.115. The molecule has 2 aromatic carbocycles. The smallest absolute Gasteiger partial charge is 0.140 e. The van der Waals surface area contributed by atoms with Crippen molar-refractivity contribution in [1.29, 1.82) is 0 Å². The fourth-order valence-electron chi connectivity index (χ4n) is 3.02. The van der Waals surface area contributed by atoms with E-state index in [0.29, 0.717) is 11.6 Å². The number of rotatable bonds is 3. The Hall–Kier alpha value is -1.26. The van der Waals surface area contributed by atoms with Crippen LogP contribution in [0.25, 0.3) is 11.1 Å². The quantitative estimate of drug-likeness (QED) is 0.644. The number of likely N-dealkylation sites (tertiary alicyclic amines) is 1. The Labute approximate surface area is 138 Å². The molecule has 1 fully saturated rings. The van der Waals surface area contributed by atoms with Crippen LogP contribution in [0.15, 0.2) is 40.9 Å². The molecule has 2 aromatic rings. The molecule has 116 valence electrons. The monoisotopic (exact) mass is 365 g/mol. The highest BCUT2D eigenvalue weighted by Gasteiger charge is 2.19. The average Bonchev–Trinajstić information content (AvgIpc) is 3.06. The fourth-order valence-corrected chi connectivity index (χ4v) is 3.24. The lowest BCUT2D eigenvalue weighted by atomic mass is 10.0. The average molecular weight is 366 g/mol. The summed E-state index contributed by atoms with van der Waals surface area (Å²) in [6.07, 6.45) is 2.53. The molecule has 0 radical (unpaired) electrons. The maximum atomic E-state index is 13.6. The van der Waals surface area contributed by atoms with Crippen LogP contribution >= 0.6 is 15.9 Å². The van der Waals surface area contributed by atoms with E-state index < -0.39 is 11.6 Å². The second-order valence-corrected chi connectivity index (χ2v) is 6.59. The lowest BCUT2D eigenvalue weighted by Gasteiger charge is -2.24. The molecule has 1 nitrogen and oxygen atoms in total. The van der Waals surface area contributed by atoms with Crippen molar-refractivity contribution < 1.29 is 8.78 Å². The van der Waals surface area contributed by atoms with Crippen LogP contribution in [0.5, 0.6) is 0 Å². The van der Waals surface area contributed by atoms with Gasteiger partial charge in [0.2, 0.25) is 0 Å². The summed E-state index contributed by atoms with van der Waals surface area (Å²) in [6.45, 7) is 4.50. The van der Waals surface area contributed by atoms with Crippen molar-refractivity contribution in [3.8, 4) is 11.1 Å². The van der Waals surface area contributed by atoms with Gasteiger partial charge in [0.25, 0.3) is 0 Å². The van der Waals surface area contributed by atoms with E-state index in [0.717, 1.165) is 18.7 Å². The molecule has 1 heterocycles. The summed E-state index contributed by atoms with van der Waals surface area (Å²) in [6, 6.07) is 11.1. The molecule has 1 aliphatic heterocycles. The molecule has 4 heteroatoms. The summed E-state index contributed by atoms with van der Waals surface area (Å²) < 4.78 is 27.2. The molecule has 0 aliphatic carbocycles. The Bertz CT molecular complexity index is 640. The molecule has 0 saturated carbocycles. The first-order valence-corrected chi connectivity index (χ1v) is 8.34. The van der Waals surface area contributed by atoms with E-state index in [1.807, 2.05) is 12.1 Å². The minimum atomic E-state index is -0.579. The Morgan fingerprint density at radius 2 is 1.50 bits per heavy atom. The Morgan fingerprint density at radius 1 is 0.955 bits per heavy atom. The third-order valence-electron chi connectivity index (χ3n) is 4.40. The van der Waals surface area contributed by atoms with Gasteiger partial charge in [0.05, 0.1) is 4.47 Å².